The summed E-state index contributed by atoms with van der Waals surface area (Å²) in [5.74, 6) is 2.97. The smallest absolute Gasteiger partial charge is 0.0577 e. The number of aliphatic hydroxyl groups is 1. The Balaban J connectivity index is 1.53. The topological polar surface area (TPSA) is 33.1 Å². The van der Waals surface area contributed by atoms with Crippen LogP contribution >= 0.6 is 0 Å². The molecule has 1 heterocycles. The standard InChI is InChI=1S/C26H35NO/c1-4-17-14-19-15-20(28)9-11-25(19,2)23-10-12-26(3)21(7-8-22(26)24(17)23)18-6-5-13-27-16-18/h5-7,13-14,16-17,20,22-24,28H,4,8-12,15H2,1-3H3/t17-,20+,22+,23+,24+,25+,26-/m1/s1. The third-order valence-electron chi connectivity index (χ3n) is 9.27. The minimum atomic E-state index is -0.118. The summed E-state index contributed by atoms with van der Waals surface area (Å²) in [6, 6.07) is 4.33. The van der Waals surface area contributed by atoms with Crippen LogP contribution in [0.15, 0.2) is 42.3 Å². The Labute approximate surface area is 170 Å². The van der Waals surface area contributed by atoms with Crippen molar-refractivity contribution in [1.29, 1.82) is 0 Å². The van der Waals surface area contributed by atoms with Gasteiger partial charge in [0.15, 0.2) is 0 Å². The van der Waals surface area contributed by atoms with Crippen molar-refractivity contribution in [3.63, 3.8) is 0 Å². The van der Waals surface area contributed by atoms with Gasteiger partial charge in [-0.15, -0.1) is 0 Å². The van der Waals surface area contributed by atoms with Gasteiger partial charge in [0.2, 0.25) is 0 Å². The fourth-order valence-electron chi connectivity index (χ4n) is 7.74. The van der Waals surface area contributed by atoms with E-state index in [9.17, 15) is 5.11 Å². The summed E-state index contributed by atoms with van der Waals surface area (Å²) in [5, 5.41) is 10.3. The lowest BCUT2D eigenvalue weighted by Crippen LogP contribution is -2.52. The largest absolute Gasteiger partial charge is 0.393 e. The molecule has 4 aliphatic carbocycles. The first kappa shape index (κ1) is 18.6. The summed E-state index contributed by atoms with van der Waals surface area (Å²) in [4.78, 5) is 4.41. The van der Waals surface area contributed by atoms with Crippen molar-refractivity contribution in [3.05, 3.63) is 47.8 Å². The van der Waals surface area contributed by atoms with Crippen LogP contribution < -0.4 is 0 Å². The van der Waals surface area contributed by atoms with E-state index in [1.807, 2.05) is 6.20 Å². The second kappa shape index (κ2) is 6.55. The molecular weight excluding hydrogens is 342 g/mol. The van der Waals surface area contributed by atoms with Gasteiger partial charge in [-0.25, -0.2) is 0 Å². The highest BCUT2D eigenvalue weighted by Gasteiger charge is 2.58. The number of hydrogen-bond acceptors (Lipinski definition) is 2. The first-order valence-electron chi connectivity index (χ1n) is 11.5. The van der Waals surface area contributed by atoms with Crippen molar-refractivity contribution < 1.29 is 5.11 Å². The van der Waals surface area contributed by atoms with Gasteiger partial charge in [0.1, 0.15) is 0 Å². The molecule has 0 aliphatic heterocycles. The van der Waals surface area contributed by atoms with Crippen LogP contribution in [0.4, 0.5) is 0 Å². The van der Waals surface area contributed by atoms with E-state index in [4.69, 9.17) is 0 Å². The van der Waals surface area contributed by atoms with Crippen molar-refractivity contribution in [3.8, 4) is 0 Å². The van der Waals surface area contributed by atoms with Crippen LogP contribution in [0, 0.1) is 34.5 Å². The van der Waals surface area contributed by atoms with E-state index in [1.54, 1.807) is 11.1 Å². The third-order valence-corrected chi connectivity index (χ3v) is 9.27. The van der Waals surface area contributed by atoms with Gasteiger partial charge in [-0.05, 0) is 96.7 Å². The van der Waals surface area contributed by atoms with E-state index in [2.05, 4.69) is 56.2 Å². The average Bonchev–Trinajstić information content (AvgIpc) is 3.06. The lowest BCUT2D eigenvalue weighted by molar-refractivity contribution is -0.0464. The zero-order valence-corrected chi connectivity index (χ0v) is 17.7. The lowest BCUT2D eigenvalue weighted by atomic mass is 9.45. The SMILES string of the molecule is CC[C@@H]1C=C2C[C@@H](O)CC[C@]2(C)[C@H]2CC[C@]3(C)C(c4cccnc4)=CC[C@H]3[C@H]12. The molecule has 28 heavy (non-hydrogen) atoms. The molecule has 2 saturated carbocycles. The predicted molar refractivity (Wildman–Crippen MR) is 114 cm³/mol. The molecule has 1 aromatic heterocycles. The summed E-state index contributed by atoms with van der Waals surface area (Å²) in [5.41, 5.74) is 5.07. The zero-order chi connectivity index (χ0) is 19.5. The van der Waals surface area contributed by atoms with Crippen LogP contribution in [0.3, 0.4) is 0 Å². The van der Waals surface area contributed by atoms with E-state index < -0.39 is 0 Å². The van der Waals surface area contributed by atoms with Crippen molar-refractivity contribution in [2.45, 2.75) is 71.8 Å². The fraction of sp³-hybridized carbons (Fsp3) is 0.654. The molecule has 0 amide bonds. The first-order valence-corrected chi connectivity index (χ1v) is 11.5. The van der Waals surface area contributed by atoms with Gasteiger partial charge in [0, 0.05) is 12.4 Å². The predicted octanol–water partition coefficient (Wildman–Crippen LogP) is 6.03. The maximum atomic E-state index is 10.3. The van der Waals surface area contributed by atoms with Crippen LogP contribution in [0.2, 0.25) is 0 Å². The van der Waals surface area contributed by atoms with E-state index in [-0.39, 0.29) is 11.5 Å². The third kappa shape index (κ3) is 2.53. The highest BCUT2D eigenvalue weighted by molar-refractivity contribution is 5.72. The lowest BCUT2D eigenvalue weighted by Gasteiger charge is -2.60. The second-order valence-electron chi connectivity index (χ2n) is 10.4. The van der Waals surface area contributed by atoms with Crippen molar-refractivity contribution in [2.75, 3.05) is 0 Å². The van der Waals surface area contributed by atoms with Gasteiger partial charge < -0.3 is 5.11 Å². The Bertz CT molecular complexity index is 811. The molecule has 0 saturated heterocycles. The summed E-state index contributed by atoms with van der Waals surface area (Å²) in [6.07, 6.45) is 17.1. The quantitative estimate of drug-likeness (QED) is 0.638. The summed E-state index contributed by atoms with van der Waals surface area (Å²) in [6.45, 7) is 7.44. The number of aliphatic hydroxyl groups excluding tert-OH is 1. The molecule has 2 fully saturated rings. The number of aromatic nitrogens is 1. The molecule has 7 atom stereocenters. The van der Waals surface area contributed by atoms with Gasteiger partial charge in [-0.3, -0.25) is 4.98 Å². The summed E-state index contributed by atoms with van der Waals surface area (Å²) >= 11 is 0. The Morgan fingerprint density at radius 2 is 1.96 bits per heavy atom. The van der Waals surface area contributed by atoms with Crippen molar-refractivity contribution >= 4 is 5.57 Å². The van der Waals surface area contributed by atoms with Gasteiger partial charge >= 0.3 is 0 Å². The van der Waals surface area contributed by atoms with Crippen LogP contribution in [0.5, 0.6) is 0 Å². The Hall–Kier alpha value is -1.41. The first-order chi connectivity index (χ1) is 13.5. The Morgan fingerprint density at radius 3 is 2.71 bits per heavy atom. The van der Waals surface area contributed by atoms with E-state index in [0.29, 0.717) is 11.3 Å². The molecule has 0 radical (unpaired) electrons. The Kier molecular flexibility index (Phi) is 4.36. The van der Waals surface area contributed by atoms with Crippen molar-refractivity contribution in [1.82, 2.24) is 4.98 Å². The van der Waals surface area contributed by atoms with E-state index >= 15 is 0 Å². The van der Waals surface area contributed by atoms with Gasteiger partial charge in [-0.2, -0.15) is 0 Å². The number of hydrogen-bond donors (Lipinski definition) is 1. The molecule has 4 aliphatic rings. The van der Waals surface area contributed by atoms with Crippen LogP contribution in [-0.2, 0) is 0 Å². The van der Waals surface area contributed by atoms with Crippen molar-refractivity contribution in [2.24, 2.45) is 34.5 Å². The van der Waals surface area contributed by atoms with Gasteiger partial charge in [0.05, 0.1) is 6.10 Å². The summed E-state index contributed by atoms with van der Waals surface area (Å²) < 4.78 is 0. The number of pyridine rings is 1. The molecule has 2 heteroatoms. The van der Waals surface area contributed by atoms with Crippen LogP contribution in [-0.4, -0.2) is 16.2 Å². The van der Waals surface area contributed by atoms with Gasteiger partial charge in [0.25, 0.3) is 0 Å². The molecule has 1 aromatic rings. The number of allylic oxidation sites excluding steroid dienone is 3. The highest BCUT2D eigenvalue weighted by atomic mass is 16.3. The minimum absolute atomic E-state index is 0.118. The number of rotatable bonds is 2. The molecule has 0 unspecified atom stereocenters. The maximum absolute atomic E-state index is 10.3. The van der Waals surface area contributed by atoms with Gasteiger partial charge in [-0.1, -0.05) is 44.6 Å². The highest BCUT2D eigenvalue weighted by Crippen LogP contribution is 2.67. The van der Waals surface area contributed by atoms with Crippen LogP contribution in [0.25, 0.3) is 5.57 Å². The molecule has 150 valence electrons. The number of fused-ring (bicyclic) bond motifs is 5. The zero-order valence-electron chi connectivity index (χ0n) is 17.7. The molecule has 0 aromatic carbocycles. The second-order valence-corrected chi connectivity index (χ2v) is 10.4. The number of nitrogens with zero attached hydrogens (tertiary/aromatic N) is 1. The summed E-state index contributed by atoms with van der Waals surface area (Å²) in [7, 11) is 0. The maximum Gasteiger partial charge on any atom is 0.0577 e. The monoisotopic (exact) mass is 377 g/mol. The Morgan fingerprint density at radius 1 is 1.14 bits per heavy atom. The molecule has 5 rings (SSSR count). The minimum Gasteiger partial charge on any atom is -0.393 e. The van der Waals surface area contributed by atoms with E-state index in [0.717, 1.165) is 30.6 Å². The average molecular weight is 378 g/mol. The molecule has 0 spiro atoms. The molecule has 0 bridgehead atoms. The molecular formula is C26H35NO. The van der Waals surface area contributed by atoms with E-state index in [1.165, 1.54) is 37.7 Å². The normalized spacial score (nSPS) is 44.8. The fourth-order valence-corrected chi connectivity index (χ4v) is 7.74. The van der Waals surface area contributed by atoms with Crippen LogP contribution in [0.1, 0.15) is 71.3 Å². The molecule has 1 N–H and O–H groups in total. The molecule has 2 nitrogen and oxygen atoms in total.